The van der Waals surface area contributed by atoms with E-state index in [1.54, 1.807) is 6.92 Å². The molecule has 0 bridgehead atoms. The van der Waals surface area contributed by atoms with Gasteiger partial charge in [0, 0.05) is 24.2 Å². The van der Waals surface area contributed by atoms with Crippen molar-refractivity contribution in [3.8, 4) is 0 Å². The van der Waals surface area contributed by atoms with Gasteiger partial charge in [-0.15, -0.1) is 0 Å². The zero-order valence-corrected chi connectivity index (χ0v) is 15.2. The molecule has 0 N–H and O–H groups in total. The van der Waals surface area contributed by atoms with Crippen LogP contribution in [-0.4, -0.2) is 35.8 Å². The number of nitrogens with zero attached hydrogens (tertiary/aromatic N) is 2. The predicted molar refractivity (Wildman–Crippen MR) is 95.7 cm³/mol. The summed E-state index contributed by atoms with van der Waals surface area (Å²) in [5.74, 6) is -2.42. The first kappa shape index (κ1) is 18.6. The minimum atomic E-state index is -0.828. The number of benzene rings is 2. The molecule has 3 rings (SSSR count). The zero-order chi connectivity index (χ0) is 19.0. The van der Waals surface area contributed by atoms with Crippen molar-refractivity contribution in [3.05, 3.63) is 63.6 Å². The maximum Gasteiger partial charge on any atom is 0.256 e. The first-order valence-electron chi connectivity index (χ1n) is 7.82. The molecule has 0 aromatic heterocycles. The number of hydrogen-bond acceptors (Lipinski definition) is 2. The van der Waals surface area contributed by atoms with Crippen LogP contribution in [0.5, 0.6) is 0 Å². The number of carbonyl (C=O) groups is 2. The van der Waals surface area contributed by atoms with Gasteiger partial charge >= 0.3 is 0 Å². The fourth-order valence-corrected chi connectivity index (χ4v) is 3.39. The molecule has 2 amide bonds. The normalized spacial score (nSPS) is 17.6. The molecule has 136 valence electrons. The Hall–Kier alpha value is -2.18. The van der Waals surface area contributed by atoms with E-state index in [9.17, 15) is 18.4 Å². The number of halogens is 4. The van der Waals surface area contributed by atoms with Crippen LogP contribution in [0.4, 0.5) is 14.5 Å². The van der Waals surface area contributed by atoms with Crippen LogP contribution >= 0.6 is 23.2 Å². The highest BCUT2D eigenvalue weighted by Gasteiger charge is 2.36. The number of anilines is 1. The molecular weight excluding hydrogens is 385 g/mol. The molecular formula is C18H14Cl2F2N2O2. The summed E-state index contributed by atoms with van der Waals surface area (Å²) in [5.41, 5.74) is 0.219. The molecule has 1 aliphatic rings. The lowest BCUT2D eigenvalue weighted by Crippen LogP contribution is -2.58. The Balaban J connectivity index is 1.84. The SMILES string of the molecule is CC1C(=O)N(c2ccc(F)cc2F)CCN1C(=O)c1ccc(Cl)cc1Cl. The molecule has 26 heavy (non-hydrogen) atoms. The van der Waals surface area contributed by atoms with Crippen molar-refractivity contribution < 1.29 is 18.4 Å². The third-order valence-electron chi connectivity index (χ3n) is 4.28. The van der Waals surface area contributed by atoms with Gasteiger partial charge in [-0.05, 0) is 37.3 Å². The molecule has 0 radical (unpaired) electrons. The van der Waals surface area contributed by atoms with Crippen molar-refractivity contribution >= 4 is 40.7 Å². The van der Waals surface area contributed by atoms with Crippen LogP contribution in [0.1, 0.15) is 17.3 Å². The molecule has 8 heteroatoms. The lowest BCUT2D eigenvalue weighted by atomic mass is 10.1. The van der Waals surface area contributed by atoms with Crippen LogP contribution in [0.25, 0.3) is 0 Å². The molecule has 2 aromatic rings. The number of rotatable bonds is 2. The van der Waals surface area contributed by atoms with Crippen LogP contribution in [0.15, 0.2) is 36.4 Å². The van der Waals surface area contributed by atoms with Gasteiger partial charge in [0.25, 0.3) is 5.91 Å². The molecule has 1 atom stereocenters. The average molecular weight is 399 g/mol. The van der Waals surface area contributed by atoms with Gasteiger partial charge in [-0.25, -0.2) is 8.78 Å². The first-order chi connectivity index (χ1) is 12.3. The van der Waals surface area contributed by atoms with Gasteiger partial charge in [-0.2, -0.15) is 0 Å². The number of piperazine rings is 1. The lowest BCUT2D eigenvalue weighted by molar-refractivity contribution is -0.124. The van der Waals surface area contributed by atoms with E-state index in [1.165, 1.54) is 34.1 Å². The Bertz CT molecular complexity index is 891. The summed E-state index contributed by atoms with van der Waals surface area (Å²) in [6.45, 7) is 1.82. The molecule has 0 saturated carbocycles. The minimum absolute atomic E-state index is 0.0140. The van der Waals surface area contributed by atoms with Gasteiger partial charge in [0.2, 0.25) is 5.91 Å². The van der Waals surface area contributed by atoms with E-state index in [0.717, 1.165) is 12.1 Å². The Labute approximate surface area is 158 Å². The van der Waals surface area contributed by atoms with E-state index < -0.39 is 29.5 Å². The maximum absolute atomic E-state index is 14.0. The highest BCUT2D eigenvalue weighted by molar-refractivity contribution is 6.36. The third-order valence-corrected chi connectivity index (χ3v) is 4.83. The molecule has 1 heterocycles. The summed E-state index contributed by atoms with van der Waals surface area (Å²) in [6, 6.07) is 6.68. The second-order valence-corrected chi connectivity index (χ2v) is 6.73. The number of amides is 2. The van der Waals surface area contributed by atoms with Gasteiger partial charge in [0.1, 0.15) is 17.7 Å². The molecule has 1 aliphatic heterocycles. The average Bonchev–Trinajstić information content (AvgIpc) is 2.57. The Morgan fingerprint density at radius 1 is 1.12 bits per heavy atom. The smallest absolute Gasteiger partial charge is 0.256 e. The second-order valence-electron chi connectivity index (χ2n) is 5.88. The monoisotopic (exact) mass is 398 g/mol. The maximum atomic E-state index is 14.0. The summed E-state index contributed by atoms with van der Waals surface area (Å²) < 4.78 is 27.1. The molecule has 1 unspecified atom stereocenters. The Morgan fingerprint density at radius 3 is 2.50 bits per heavy atom. The third kappa shape index (κ3) is 3.39. The number of hydrogen-bond donors (Lipinski definition) is 0. The van der Waals surface area contributed by atoms with E-state index in [2.05, 4.69) is 0 Å². The van der Waals surface area contributed by atoms with Gasteiger partial charge in [0.05, 0.1) is 16.3 Å². The fraction of sp³-hybridized carbons (Fsp3) is 0.222. The van der Waals surface area contributed by atoms with E-state index in [0.29, 0.717) is 5.02 Å². The highest BCUT2D eigenvalue weighted by atomic mass is 35.5. The largest absolute Gasteiger partial charge is 0.325 e. The fourth-order valence-electron chi connectivity index (χ4n) is 2.90. The summed E-state index contributed by atoms with van der Waals surface area (Å²) in [7, 11) is 0. The van der Waals surface area contributed by atoms with E-state index in [-0.39, 0.29) is 29.4 Å². The summed E-state index contributed by atoms with van der Waals surface area (Å²) in [5, 5.41) is 0.585. The van der Waals surface area contributed by atoms with Crippen molar-refractivity contribution in [3.63, 3.8) is 0 Å². The number of carbonyl (C=O) groups excluding carboxylic acids is 2. The van der Waals surface area contributed by atoms with Crippen LogP contribution in [0.3, 0.4) is 0 Å². The predicted octanol–water partition coefficient (Wildman–Crippen LogP) is 4.15. The van der Waals surface area contributed by atoms with Crippen LogP contribution < -0.4 is 4.90 Å². The quantitative estimate of drug-likeness (QED) is 0.762. The van der Waals surface area contributed by atoms with Gasteiger partial charge < -0.3 is 9.80 Å². The zero-order valence-electron chi connectivity index (χ0n) is 13.7. The highest BCUT2D eigenvalue weighted by Crippen LogP contribution is 2.27. The van der Waals surface area contributed by atoms with E-state index >= 15 is 0 Å². The Morgan fingerprint density at radius 2 is 1.85 bits per heavy atom. The summed E-state index contributed by atoms with van der Waals surface area (Å²) in [4.78, 5) is 28.0. The second kappa shape index (κ2) is 7.21. The molecule has 1 fully saturated rings. The van der Waals surface area contributed by atoms with Gasteiger partial charge in [0.15, 0.2) is 0 Å². The molecule has 0 spiro atoms. The van der Waals surface area contributed by atoms with E-state index in [1.807, 2.05) is 0 Å². The first-order valence-corrected chi connectivity index (χ1v) is 8.57. The van der Waals surface area contributed by atoms with Crippen LogP contribution in [0, 0.1) is 11.6 Å². The standard InChI is InChI=1S/C18H14Cl2F2N2O2/c1-10-17(25)24(16-5-3-12(21)9-15(16)22)7-6-23(10)18(26)13-4-2-11(19)8-14(13)20/h2-5,8-10H,6-7H2,1H3. The molecule has 1 saturated heterocycles. The minimum Gasteiger partial charge on any atom is -0.325 e. The molecule has 0 aliphatic carbocycles. The topological polar surface area (TPSA) is 40.6 Å². The lowest BCUT2D eigenvalue weighted by Gasteiger charge is -2.39. The van der Waals surface area contributed by atoms with Crippen molar-refractivity contribution in [2.75, 3.05) is 18.0 Å². The summed E-state index contributed by atoms with van der Waals surface area (Å²) >= 11 is 11.9. The van der Waals surface area contributed by atoms with Crippen molar-refractivity contribution in [2.45, 2.75) is 13.0 Å². The van der Waals surface area contributed by atoms with Gasteiger partial charge in [-0.1, -0.05) is 23.2 Å². The van der Waals surface area contributed by atoms with Crippen molar-refractivity contribution in [1.82, 2.24) is 4.90 Å². The Kier molecular flexibility index (Phi) is 5.16. The van der Waals surface area contributed by atoms with Crippen LogP contribution in [-0.2, 0) is 4.79 Å². The van der Waals surface area contributed by atoms with Crippen LogP contribution in [0.2, 0.25) is 10.0 Å². The summed E-state index contributed by atoms with van der Waals surface area (Å²) in [6.07, 6.45) is 0. The van der Waals surface area contributed by atoms with Crippen molar-refractivity contribution in [2.24, 2.45) is 0 Å². The van der Waals surface area contributed by atoms with Crippen molar-refractivity contribution in [1.29, 1.82) is 0 Å². The molecule has 4 nitrogen and oxygen atoms in total. The molecule has 2 aromatic carbocycles. The van der Waals surface area contributed by atoms with E-state index in [4.69, 9.17) is 23.2 Å². The van der Waals surface area contributed by atoms with Gasteiger partial charge in [-0.3, -0.25) is 9.59 Å².